The molecule has 1 fully saturated rings. The van der Waals surface area contributed by atoms with E-state index in [4.69, 9.17) is 4.42 Å². The van der Waals surface area contributed by atoms with Gasteiger partial charge in [-0.1, -0.05) is 30.3 Å². The number of hydrogen-bond donors (Lipinski definition) is 1. The molecule has 2 aromatic rings. The van der Waals surface area contributed by atoms with Crippen molar-refractivity contribution in [3.8, 4) is 0 Å². The standard InChI is InChI=1S/C18H20N2O3/c21-17(16-7-4-12-23-16)19-18(22)20-10-8-15(9-11-20)13-14-5-2-1-3-6-14/h1-7,12,15H,8-11,13H2,(H,19,21,22). The zero-order valence-electron chi connectivity index (χ0n) is 12.9. The molecule has 0 aliphatic carbocycles. The van der Waals surface area contributed by atoms with Gasteiger partial charge in [-0.15, -0.1) is 0 Å². The minimum atomic E-state index is -0.494. The quantitative estimate of drug-likeness (QED) is 0.947. The summed E-state index contributed by atoms with van der Waals surface area (Å²) >= 11 is 0. The normalized spacial score (nSPS) is 15.4. The number of amides is 3. The monoisotopic (exact) mass is 312 g/mol. The molecule has 1 aliphatic heterocycles. The van der Waals surface area contributed by atoms with E-state index >= 15 is 0 Å². The zero-order chi connectivity index (χ0) is 16.1. The molecule has 23 heavy (non-hydrogen) atoms. The van der Waals surface area contributed by atoms with Crippen molar-refractivity contribution >= 4 is 11.9 Å². The van der Waals surface area contributed by atoms with Crippen molar-refractivity contribution in [1.29, 1.82) is 0 Å². The summed E-state index contributed by atoms with van der Waals surface area (Å²) in [6.07, 6.45) is 4.37. The molecule has 1 saturated heterocycles. The van der Waals surface area contributed by atoms with E-state index in [1.165, 1.54) is 17.9 Å². The maximum atomic E-state index is 12.1. The lowest BCUT2D eigenvalue weighted by Gasteiger charge is -2.31. The van der Waals surface area contributed by atoms with Gasteiger partial charge in [-0.25, -0.2) is 4.79 Å². The van der Waals surface area contributed by atoms with E-state index in [9.17, 15) is 9.59 Å². The van der Waals surface area contributed by atoms with Crippen LogP contribution in [0.4, 0.5) is 4.79 Å². The number of nitrogens with zero attached hydrogens (tertiary/aromatic N) is 1. The fourth-order valence-corrected chi connectivity index (χ4v) is 2.93. The molecule has 120 valence electrons. The second-order valence-electron chi connectivity index (χ2n) is 5.86. The fraction of sp³-hybridized carbons (Fsp3) is 0.333. The zero-order valence-corrected chi connectivity index (χ0v) is 12.9. The van der Waals surface area contributed by atoms with Crippen molar-refractivity contribution < 1.29 is 14.0 Å². The summed E-state index contributed by atoms with van der Waals surface area (Å²) in [4.78, 5) is 25.6. The van der Waals surface area contributed by atoms with E-state index in [1.54, 1.807) is 11.0 Å². The van der Waals surface area contributed by atoms with E-state index < -0.39 is 5.91 Å². The van der Waals surface area contributed by atoms with Crippen LogP contribution in [0.2, 0.25) is 0 Å². The second-order valence-corrected chi connectivity index (χ2v) is 5.86. The number of carbonyl (C=O) groups excluding carboxylic acids is 2. The minimum absolute atomic E-state index is 0.150. The Morgan fingerprint density at radius 1 is 1.09 bits per heavy atom. The molecule has 1 N–H and O–H groups in total. The highest BCUT2D eigenvalue weighted by Gasteiger charge is 2.24. The van der Waals surface area contributed by atoms with Gasteiger partial charge in [0.15, 0.2) is 5.76 Å². The van der Waals surface area contributed by atoms with Gasteiger partial charge in [0.2, 0.25) is 0 Å². The number of rotatable bonds is 3. The van der Waals surface area contributed by atoms with E-state index in [0.29, 0.717) is 19.0 Å². The second kappa shape index (κ2) is 7.13. The molecular weight excluding hydrogens is 292 g/mol. The molecule has 0 saturated carbocycles. The Labute approximate surface area is 135 Å². The number of likely N-dealkylation sites (tertiary alicyclic amines) is 1. The number of benzene rings is 1. The molecule has 0 spiro atoms. The van der Waals surface area contributed by atoms with Gasteiger partial charge in [0.05, 0.1) is 6.26 Å². The van der Waals surface area contributed by atoms with Gasteiger partial charge in [0.25, 0.3) is 5.91 Å². The van der Waals surface area contributed by atoms with E-state index in [0.717, 1.165) is 19.3 Å². The van der Waals surface area contributed by atoms with Crippen molar-refractivity contribution in [2.45, 2.75) is 19.3 Å². The third-order valence-electron chi connectivity index (χ3n) is 4.23. The number of hydrogen-bond acceptors (Lipinski definition) is 3. The first-order valence-corrected chi connectivity index (χ1v) is 7.90. The van der Waals surface area contributed by atoms with Gasteiger partial charge in [0.1, 0.15) is 0 Å². The number of piperidine rings is 1. The average Bonchev–Trinajstić information content (AvgIpc) is 3.11. The molecule has 1 aromatic carbocycles. The molecule has 5 heteroatoms. The largest absolute Gasteiger partial charge is 0.459 e. The molecule has 2 heterocycles. The smallest absolute Gasteiger partial charge is 0.324 e. The van der Waals surface area contributed by atoms with Crippen molar-refractivity contribution in [1.82, 2.24) is 10.2 Å². The van der Waals surface area contributed by atoms with E-state index in [1.807, 2.05) is 6.07 Å². The lowest BCUT2D eigenvalue weighted by molar-refractivity contribution is 0.0918. The van der Waals surface area contributed by atoms with Crippen LogP contribution in [-0.2, 0) is 6.42 Å². The molecule has 1 aliphatic rings. The topological polar surface area (TPSA) is 62.6 Å². The van der Waals surface area contributed by atoms with Gasteiger partial charge < -0.3 is 9.32 Å². The van der Waals surface area contributed by atoms with Crippen LogP contribution in [0.25, 0.3) is 0 Å². The van der Waals surface area contributed by atoms with Crippen molar-refractivity contribution in [3.63, 3.8) is 0 Å². The molecular formula is C18H20N2O3. The summed E-state index contributed by atoms with van der Waals surface area (Å²) in [6.45, 7) is 1.35. The third kappa shape index (κ3) is 4.00. The number of nitrogens with one attached hydrogen (secondary N) is 1. The summed E-state index contributed by atoms with van der Waals surface area (Å²) in [6, 6.07) is 13.2. The Hall–Kier alpha value is -2.56. The first-order valence-electron chi connectivity index (χ1n) is 7.90. The lowest BCUT2D eigenvalue weighted by atomic mass is 9.90. The van der Waals surface area contributed by atoms with Crippen molar-refractivity contribution in [2.24, 2.45) is 5.92 Å². The Morgan fingerprint density at radius 2 is 1.83 bits per heavy atom. The van der Waals surface area contributed by atoms with Crippen LogP contribution in [-0.4, -0.2) is 29.9 Å². The van der Waals surface area contributed by atoms with Crippen LogP contribution in [0.3, 0.4) is 0 Å². The van der Waals surface area contributed by atoms with Gasteiger partial charge in [0, 0.05) is 13.1 Å². The fourth-order valence-electron chi connectivity index (χ4n) is 2.93. The van der Waals surface area contributed by atoms with Crippen LogP contribution in [0, 0.1) is 5.92 Å². The molecule has 3 rings (SSSR count). The van der Waals surface area contributed by atoms with Gasteiger partial charge >= 0.3 is 6.03 Å². The maximum absolute atomic E-state index is 12.1. The van der Waals surface area contributed by atoms with Crippen LogP contribution in [0.1, 0.15) is 29.0 Å². The van der Waals surface area contributed by atoms with E-state index in [2.05, 4.69) is 29.6 Å². The van der Waals surface area contributed by atoms with Gasteiger partial charge in [-0.05, 0) is 42.9 Å². The lowest BCUT2D eigenvalue weighted by Crippen LogP contribution is -2.46. The summed E-state index contributed by atoms with van der Waals surface area (Å²) < 4.78 is 4.98. The Kier molecular flexibility index (Phi) is 4.76. The highest BCUT2D eigenvalue weighted by molar-refractivity contribution is 6.02. The molecule has 0 unspecified atom stereocenters. The average molecular weight is 312 g/mol. The predicted octanol–water partition coefficient (Wildman–Crippen LogP) is 3.08. The number of carbonyl (C=O) groups is 2. The van der Waals surface area contributed by atoms with Gasteiger partial charge in [-0.2, -0.15) is 0 Å². The van der Waals surface area contributed by atoms with E-state index in [-0.39, 0.29) is 11.8 Å². The molecule has 5 nitrogen and oxygen atoms in total. The van der Waals surface area contributed by atoms with Crippen LogP contribution < -0.4 is 5.32 Å². The summed E-state index contributed by atoms with van der Waals surface area (Å²) in [5.74, 6) is 0.242. The molecule has 1 aromatic heterocycles. The van der Waals surface area contributed by atoms with Crippen molar-refractivity contribution in [2.75, 3.05) is 13.1 Å². The Bertz CT molecular complexity index is 644. The molecule has 0 bridgehead atoms. The van der Waals surface area contributed by atoms with Crippen molar-refractivity contribution in [3.05, 3.63) is 60.1 Å². The molecule has 3 amide bonds. The first kappa shape index (κ1) is 15.3. The summed E-state index contributed by atoms with van der Waals surface area (Å²) in [5, 5.41) is 2.37. The Morgan fingerprint density at radius 3 is 2.48 bits per heavy atom. The third-order valence-corrected chi connectivity index (χ3v) is 4.23. The minimum Gasteiger partial charge on any atom is -0.459 e. The number of urea groups is 1. The predicted molar refractivity (Wildman–Crippen MR) is 86.0 cm³/mol. The Balaban J connectivity index is 1.47. The maximum Gasteiger partial charge on any atom is 0.324 e. The van der Waals surface area contributed by atoms with Gasteiger partial charge in [-0.3, -0.25) is 10.1 Å². The summed E-state index contributed by atoms with van der Waals surface area (Å²) in [5.41, 5.74) is 1.34. The highest BCUT2D eigenvalue weighted by Crippen LogP contribution is 2.21. The van der Waals surface area contributed by atoms with Crippen LogP contribution in [0.15, 0.2) is 53.1 Å². The molecule has 0 atom stereocenters. The number of imide groups is 1. The summed E-state index contributed by atoms with van der Waals surface area (Å²) in [7, 11) is 0. The molecule has 0 radical (unpaired) electrons. The number of furan rings is 1. The van der Waals surface area contributed by atoms with Crippen LogP contribution >= 0.6 is 0 Å². The van der Waals surface area contributed by atoms with Crippen LogP contribution in [0.5, 0.6) is 0 Å². The first-order chi connectivity index (χ1) is 11.2. The SMILES string of the molecule is O=C(NC(=O)N1CCC(Cc2ccccc2)CC1)c1ccco1. The highest BCUT2D eigenvalue weighted by atomic mass is 16.3.